The van der Waals surface area contributed by atoms with E-state index in [-0.39, 0.29) is 17.2 Å². The van der Waals surface area contributed by atoms with Gasteiger partial charge in [-0.15, -0.1) is 0 Å². The summed E-state index contributed by atoms with van der Waals surface area (Å²) in [6.45, 7) is 4.22. The third-order valence-corrected chi connectivity index (χ3v) is 6.12. The number of rotatable bonds is 3. The molecular formula is C20H19Cl2N5O. The van der Waals surface area contributed by atoms with E-state index >= 15 is 0 Å². The van der Waals surface area contributed by atoms with Crippen LogP contribution in [-0.2, 0) is 10.2 Å². The molecule has 6 nitrogen and oxygen atoms in total. The van der Waals surface area contributed by atoms with Gasteiger partial charge in [-0.05, 0) is 25.3 Å². The van der Waals surface area contributed by atoms with Gasteiger partial charge < -0.3 is 5.32 Å². The van der Waals surface area contributed by atoms with Crippen molar-refractivity contribution in [2.45, 2.75) is 50.4 Å². The molecule has 1 saturated carbocycles. The van der Waals surface area contributed by atoms with E-state index in [1.807, 2.05) is 0 Å². The Kier molecular flexibility index (Phi) is 3.93. The fraction of sp³-hybridized carbons (Fsp3) is 0.400. The van der Waals surface area contributed by atoms with Crippen LogP contribution in [0.3, 0.4) is 0 Å². The molecule has 0 saturated heterocycles. The number of pyridine rings is 1. The summed E-state index contributed by atoms with van der Waals surface area (Å²) < 4.78 is 1.76. The Morgan fingerprint density at radius 3 is 2.71 bits per heavy atom. The largest absolute Gasteiger partial charge is 0.324 e. The van der Waals surface area contributed by atoms with Crippen molar-refractivity contribution in [3.63, 3.8) is 0 Å². The number of carbonyl (C=O) groups is 1. The summed E-state index contributed by atoms with van der Waals surface area (Å²) in [5.41, 5.74) is 3.84. The molecule has 3 heterocycles. The molecule has 0 spiro atoms. The Hall–Kier alpha value is -2.18. The molecule has 0 bridgehead atoms. The molecule has 144 valence electrons. The highest BCUT2D eigenvalue weighted by Gasteiger charge is 2.43. The van der Waals surface area contributed by atoms with Crippen LogP contribution < -0.4 is 5.32 Å². The first kappa shape index (κ1) is 17.9. The fourth-order valence-electron chi connectivity index (χ4n) is 4.21. The van der Waals surface area contributed by atoms with Crippen LogP contribution in [0.25, 0.3) is 5.65 Å². The third-order valence-electron chi connectivity index (χ3n) is 5.63. The molecule has 3 aromatic heterocycles. The number of halogens is 2. The summed E-state index contributed by atoms with van der Waals surface area (Å²) in [7, 11) is 0. The van der Waals surface area contributed by atoms with Gasteiger partial charge in [0.2, 0.25) is 5.91 Å². The van der Waals surface area contributed by atoms with Gasteiger partial charge in [-0.25, -0.2) is 9.50 Å². The second kappa shape index (κ2) is 6.16. The van der Waals surface area contributed by atoms with Gasteiger partial charge >= 0.3 is 0 Å². The SMILES string of the molecule is CC1(C)C[C@@H](C(=O)Nc2cnc(C3CC3)c(Cl)c2)c2cnc3cc(Cl)nn3c21. The average Bonchev–Trinajstić information content (AvgIpc) is 3.32. The molecule has 3 aromatic rings. The Balaban J connectivity index is 1.47. The van der Waals surface area contributed by atoms with Crippen LogP contribution >= 0.6 is 23.2 Å². The molecule has 1 amide bonds. The smallest absolute Gasteiger partial charge is 0.232 e. The second-order valence-electron chi connectivity index (χ2n) is 8.29. The molecule has 2 aliphatic carbocycles. The molecule has 0 unspecified atom stereocenters. The highest BCUT2D eigenvalue weighted by Crippen LogP contribution is 2.46. The molecular weight excluding hydrogens is 397 g/mol. The van der Waals surface area contributed by atoms with Crippen molar-refractivity contribution in [2.24, 2.45) is 0 Å². The summed E-state index contributed by atoms with van der Waals surface area (Å²) in [4.78, 5) is 22.0. The van der Waals surface area contributed by atoms with Crippen molar-refractivity contribution >= 4 is 40.4 Å². The van der Waals surface area contributed by atoms with Gasteiger partial charge in [0.05, 0.1) is 34.2 Å². The van der Waals surface area contributed by atoms with E-state index in [2.05, 4.69) is 34.2 Å². The highest BCUT2D eigenvalue weighted by atomic mass is 35.5. The second-order valence-corrected chi connectivity index (χ2v) is 9.09. The van der Waals surface area contributed by atoms with E-state index in [1.54, 1.807) is 29.0 Å². The van der Waals surface area contributed by atoms with Crippen LogP contribution in [0.1, 0.15) is 61.9 Å². The Morgan fingerprint density at radius 1 is 1.21 bits per heavy atom. The Bertz CT molecular complexity index is 1120. The Morgan fingerprint density at radius 2 is 2.00 bits per heavy atom. The molecule has 1 fully saturated rings. The predicted molar refractivity (Wildman–Crippen MR) is 108 cm³/mol. The molecule has 0 aromatic carbocycles. The number of hydrogen-bond donors (Lipinski definition) is 1. The minimum absolute atomic E-state index is 0.0942. The van der Waals surface area contributed by atoms with Crippen molar-refractivity contribution in [2.75, 3.05) is 5.32 Å². The standard InChI is InChI=1S/C20H19Cl2N5O/c1-20(2)7-12(13-9-23-16-6-15(22)26-27(16)18(13)20)19(28)25-11-5-14(21)17(24-8-11)10-3-4-10/h5-6,8-10,12H,3-4,7H2,1-2H3,(H,25,28)/t12-/m1/s1. The highest BCUT2D eigenvalue weighted by molar-refractivity contribution is 6.31. The maximum Gasteiger partial charge on any atom is 0.232 e. The van der Waals surface area contributed by atoms with Gasteiger partial charge in [0.15, 0.2) is 10.8 Å². The van der Waals surface area contributed by atoms with Gasteiger partial charge in [0.1, 0.15) is 0 Å². The third kappa shape index (κ3) is 2.86. The molecule has 0 radical (unpaired) electrons. The number of amides is 1. The number of fused-ring (bicyclic) bond motifs is 3. The van der Waals surface area contributed by atoms with Crippen molar-refractivity contribution in [3.8, 4) is 0 Å². The number of hydrogen-bond acceptors (Lipinski definition) is 4. The average molecular weight is 416 g/mol. The fourth-order valence-corrected chi connectivity index (χ4v) is 4.70. The number of anilines is 1. The Labute approximate surface area is 172 Å². The molecule has 2 aliphatic rings. The van der Waals surface area contributed by atoms with Crippen LogP contribution in [0.2, 0.25) is 10.2 Å². The van der Waals surface area contributed by atoms with Gasteiger partial charge in [-0.2, -0.15) is 5.10 Å². The number of aromatic nitrogens is 4. The quantitative estimate of drug-likeness (QED) is 0.671. The van der Waals surface area contributed by atoms with Crippen molar-refractivity contribution in [3.05, 3.63) is 51.7 Å². The molecule has 1 N–H and O–H groups in total. The van der Waals surface area contributed by atoms with Gasteiger partial charge in [0, 0.05) is 29.2 Å². The summed E-state index contributed by atoms with van der Waals surface area (Å²) >= 11 is 12.4. The summed E-state index contributed by atoms with van der Waals surface area (Å²) in [5, 5.41) is 8.34. The van der Waals surface area contributed by atoms with Crippen LogP contribution in [0, 0.1) is 0 Å². The monoisotopic (exact) mass is 415 g/mol. The normalized spacial score (nSPS) is 20.4. The first-order chi connectivity index (χ1) is 13.3. The lowest BCUT2D eigenvalue weighted by Crippen LogP contribution is -2.21. The van der Waals surface area contributed by atoms with E-state index in [0.29, 0.717) is 33.8 Å². The van der Waals surface area contributed by atoms with Crippen molar-refractivity contribution in [1.82, 2.24) is 19.6 Å². The minimum atomic E-state index is -0.327. The molecule has 1 atom stereocenters. The van der Waals surface area contributed by atoms with Crippen molar-refractivity contribution in [1.29, 1.82) is 0 Å². The lowest BCUT2D eigenvalue weighted by Gasteiger charge is -2.19. The molecule has 0 aliphatic heterocycles. The minimum Gasteiger partial charge on any atom is -0.324 e. The zero-order valence-electron chi connectivity index (χ0n) is 15.5. The van der Waals surface area contributed by atoms with Crippen LogP contribution in [0.4, 0.5) is 5.69 Å². The van der Waals surface area contributed by atoms with E-state index in [9.17, 15) is 4.79 Å². The van der Waals surface area contributed by atoms with Crippen molar-refractivity contribution < 1.29 is 4.79 Å². The number of nitrogens with one attached hydrogen (secondary N) is 1. The zero-order valence-corrected chi connectivity index (χ0v) is 17.1. The lowest BCUT2D eigenvalue weighted by atomic mass is 9.88. The van der Waals surface area contributed by atoms with Crippen LogP contribution in [0.15, 0.2) is 24.5 Å². The summed E-state index contributed by atoms with van der Waals surface area (Å²) in [6, 6.07) is 3.51. The summed E-state index contributed by atoms with van der Waals surface area (Å²) in [5.74, 6) is 0.0455. The first-order valence-electron chi connectivity index (χ1n) is 9.34. The van der Waals surface area contributed by atoms with E-state index in [0.717, 1.165) is 29.8 Å². The molecule has 5 rings (SSSR count). The number of carbonyl (C=O) groups excluding carboxylic acids is 1. The summed E-state index contributed by atoms with van der Waals surface area (Å²) in [6.07, 6.45) is 6.38. The van der Waals surface area contributed by atoms with Crippen LogP contribution in [0.5, 0.6) is 0 Å². The van der Waals surface area contributed by atoms with E-state index < -0.39 is 0 Å². The van der Waals surface area contributed by atoms with E-state index in [1.165, 1.54) is 0 Å². The molecule has 8 heteroatoms. The lowest BCUT2D eigenvalue weighted by molar-refractivity contribution is -0.117. The topological polar surface area (TPSA) is 72.2 Å². The van der Waals surface area contributed by atoms with E-state index in [4.69, 9.17) is 23.2 Å². The maximum atomic E-state index is 13.1. The molecule has 28 heavy (non-hydrogen) atoms. The van der Waals surface area contributed by atoms with Gasteiger partial charge in [-0.1, -0.05) is 37.0 Å². The van der Waals surface area contributed by atoms with Gasteiger partial charge in [-0.3, -0.25) is 9.78 Å². The number of nitrogens with zero attached hydrogens (tertiary/aromatic N) is 4. The predicted octanol–water partition coefficient (Wildman–Crippen LogP) is 4.71. The first-order valence-corrected chi connectivity index (χ1v) is 10.1. The van der Waals surface area contributed by atoms with Crippen LogP contribution in [-0.4, -0.2) is 25.5 Å². The van der Waals surface area contributed by atoms with Gasteiger partial charge in [0.25, 0.3) is 0 Å². The zero-order chi connectivity index (χ0) is 19.6. The maximum absolute atomic E-state index is 13.1.